The number of H-pyrrole nitrogens is 1. The largest absolute Gasteiger partial charge is 0.398 e. The molecule has 2 aliphatic rings. The molecule has 2 atom stereocenters. The Morgan fingerprint density at radius 1 is 1.11 bits per heavy atom. The molecule has 2 aliphatic heterocycles. The molecule has 0 aliphatic carbocycles. The number of ether oxygens (including phenoxy) is 1. The van der Waals surface area contributed by atoms with Crippen molar-refractivity contribution in [2.45, 2.75) is 63.8 Å². The number of anilines is 1. The van der Waals surface area contributed by atoms with E-state index in [1.807, 2.05) is 0 Å². The number of imidazole rings is 2. The summed E-state index contributed by atoms with van der Waals surface area (Å²) in [5, 5.41) is -0.0429. The molecule has 1 fully saturated rings. The summed E-state index contributed by atoms with van der Waals surface area (Å²) in [5.74, 6) is -0.499. The number of nitrogen functional groups attached to an aromatic ring is 1. The van der Waals surface area contributed by atoms with Crippen LogP contribution in [-0.2, 0) is 16.3 Å². The van der Waals surface area contributed by atoms with E-state index in [4.69, 9.17) is 22.1 Å². The first kappa shape index (κ1) is 30.2. The second-order valence-corrected chi connectivity index (χ2v) is 18.5. The molecule has 0 saturated carbocycles. The lowest BCUT2D eigenvalue weighted by Crippen LogP contribution is -2.39. The molecule has 1 amide bonds. The SMILES string of the molecule is C[Si](C)(C)CCOCn1ccnc1-c1nccc(-c2cnc([C@@H]3CCC4CC(c5c(N)ccc(Cl)c5F)=CC(=O)N43)[nH]2)c1F. The highest BCUT2D eigenvalue weighted by molar-refractivity contribution is 6.76. The Kier molecular flexibility index (Phi) is 8.16. The number of rotatable bonds is 9. The molecule has 3 N–H and O–H groups in total. The summed E-state index contributed by atoms with van der Waals surface area (Å²) >= 11 is 6.00. The summed E-state index contributed by atoms with van der Waals surface area (Å²) in [4.78, 5) is 31.5. The summed E-state index contributed by atoms with van der Waals surface area (Å²) in [6, 6.07) is 5.06. The number of halogens is 3. The minimum absolute atomic E-state index is 0.0429. The number of nitrogens with two attached hydrogens (primary N) is 1. The van der Waals surface area contributed by atoms with E-state index >= 15 is 4.39 Å². The number of fused-ring (bicyclic) bond motifs is 1. The lowest BCUT2D eigenvalue weighted by molar-refractivity contribution is -0.129. The van der Waals surface area contributed by atoms with Crippen LogP contribution in [0.3, 0.4) is 0 Å². The molecule has 5 heterocycles. The molecule has 3 aromatic heterocycles. The number of carbonyl (C=O) groups is 1. The van der Waals surface area contributed by atoms with Crippen molar-refractivity contribution in [3.05, 3.63) is 77.1 Å². The third-order valence-electron chi connectivity index (χ3n) is 8.20. The fraction of sp³-hybridized carbons (Fsp3) is 0.355. The van der Waals surface area contributed by atoms with Crippen LogP contribution in [0, 0.1) is 11.6 Å². The van der Waals surface area contributed by atoms with Crippen molar-refractivity contribution in [3.63, 3.8) is 0 Å². The van der Waals surface area contributed by atoms with Crippen molar-refractivity contribution < 1.29 is 18.3 Å². The van der Waals surface area contributed by atoms with Gasteiger partial charge in [-0.15, -0.1) is 0 Å². The van der Waals surface area contributed by atoms with E-state index in [-0.39, 0.29) is 52.3 Å². The zero-order chi connectivity index (χ0) is 31.2. The van der Waals surface area contributed by atoms with Crippen molar-refractivity contribution >= 4 is 36.8 Å². The molecule has 0 spiro atoms. The third-order valence-corrected chi connectivity index (χ3v) is 10.2. The van der Waals surface area contributed by atoms with Crippen molar-refractivity contribution in [1.29, 1.82) is 0 Å². The van der Waals surface area contributed by atoms with Crippen molar-refractivity contribution in [3.8, 4) is 22.8 Å². The van der Waals surface area contributed by atoms with Gasteiger partial charge in [0.25, 0.3) is 0 Å². The van der Waals surface area contributed by atoms with E-state index in [2.05, 4.69) is 39.6 Å². The Balaban J connectivity index is 1.22. The van der Waals surface area contributed by atoms with E-state index in [1.165, 1.54) is 18.3 Å². The average molecular weight is 638 g/mol. The van der Waals surface area contributed by atoms with Crippen LogP contribution in [0.5, 0.6) is 0 Å². The van der Waals surface area contributed by atoms with E-state index in [0.29, 0.717) is 48.8 Å². The third kappa shape index (κ3) is 5.81. The van der Waals surface area contributed by atoms with E-state index < -0.39 is 19.7 Å². The molecule has 1 unspecified atom stereocenters. The van der Waals surface area contributed by atoms with E-state index in [0.717, 1.165) is 6.04 Å². The normalized spacial score (nSPS) is 18.5. The number of nitrogens with one attached hydrogen (secondary N) is 1. The van der Waals surface area contributed by atoms with Gasteiger partial charge in [0.2, 0.25) is 5.91 Å². The van der Waals surface area contributed by atoms with Crippen molar-refractivity contribution in [2.24, 2.45) is 0 Å². The van der Waals surface area contributed by atoms with Gasteiger partial charge in [0.15, 0.2) is 17.5 Å². The minimum Gasteiger partial charge on any atom is -0.398 e. The van der Waals surface area contributed by atoms with Crippen LogP contribution in [-0.4, -0.2) is 56.0 Å². The molecule has 1 aromatic carbocycles. The maximum Gasteiger partial charge on any atom is 0.247 e. The van der Waals surface area contributed by atoms with Gasteiger partial charge >= 0.3 is 0 Å². The fourth-order valence-corrected chi connectivity index (χ4v) is 6.82. The molecule has 0 bridgehead atoms. The summed E-state index contributed by atoms with van der Waals surface area (Å²) in [5.41, 5.74) is 7.86. The fourth-order valence-electron chi connectivity index (χ4n) is 5.91. The predicted octanol–water partition coefficient (Wildman–Crippen LogP) is 6.68. The van der Waals surface area contributed by atoms with Crippen molar-refractivity contribution in [1.82, 2.24) is 29.4 Å². The van der Waals surface area contributed by atoms with Crippen LogP contribution >= 0.6 is 11.6 Å². The molecule has 13 heteroatoms. The molecule has 230 valence electrons. The highest BCUT2D eigenvalue weighted by Crippen LogP contribution is 2.44. The number of hydrogen-bond donors (Lipinski definition) is 2. The van der Waals surface area contributed by atoms with Crippen LogP contribution < -0.4 is 5.73 Å². The predicted molar refractivity (Wildman–Crippen MR) is 168 cm³/mol. The number of hydrogen-bond acceptors (Lipinski definition) is 6. The lowest BCUT2D eigenvalue weighted by Gasteiger charge is -2.33. The topological polar surface area (TPSA) is 115 Å². The zero-order valence-corrected chi connectivity index (χ0v) is 26.5. The Labute approximate surface area is 260 Å². The van der Waals surface area contributed by atoms with Crippen LogP contribution in [0.4, 0.5) is 14.5 Å². The molecule has 0 radical (unpaired) electrons. The monoisotopic (exact) mass is 637 g/mol. The first-order valence-corrected chi connectivity index (χ1v) is 18.7. The maximum atomic E-state index is 15.9. The number of benzene rings is 1. The molecule has 9 nitrogen and oxygen atoms in total. The van der Waals surface area contributed by atoms with Gasteiger partial charge in [-0.2, -0.15) is 0 Å². The minimum atomic E-state index is -1.23. The van der Waals surface area contributed by atoms with Gasteiger partial charge in [0.05, 0.1) is 23.0 Å². The molecule has 1 saturated heterocycles. The van der Waals surface area contributed by atoms with Crippen molar-refractivity contribution in [2.75, 3.05) is 12.3 Å². The van der Waals surface area contributed by atoms with E-state index in [9.17, 15) is 9.18 Å². The number of carbonyl (C=O) groups excluding carboxylic acids is 1. The number of amides is 1. The highest BCUT2D eigenvalue weighted by Gasteiger charge is 2.42. The first-order valence-electron chi connectivity index (χ1n) is 14.6. The second kappa shape index (κ2) is 11.9. The second-order valence-electron chi connectivity index (χ2n) is 12.5. The Bertz CT molecular complexity index is 1750. The summed E-state index contributed by atoms with van der Waals surface area (Å²) < 4.78 is 38.4. The zero-order valence-electron chi connectivity index (χ0n) is 24.8. The molecule has 4 aromatic rings. The van der Waals surface area contributed by atoms with Gasteiger partial charge in [-0.05, 0) is 49.1 Å². The van der Waals surface area contributed by atoms with Gasteiger partial charge in [-0.25, -0.2) is 23.7 Å². The van der Waals surface area contributed by atoms with Gasteiger partial charge in [-0.1, -0.05) is 31.2 Å². The van der Waals surface area contributed by atoms with Crippen LogP contribution in [0.1, 0.15) is 36.7 Å². The van der Waals surface area contributed by atoms with Crippen LogP contribution in [0.15, 0.2) is 49.1 Å². The highest BCUT2D eigenvalue weighted by atomic mass is 35.5. The van der Waals surface area contributed by atoms with E-state index in [1.54, 1.807) is 40.2 Å². The molecule has 6 rings (SSSR count). The first-order chi connectivity index (χ1) is 21.0. The van der Waals surface area contributed by atoms with Gasteiger partial charge in [0, 0.05) is 62.2 Å². The lowest BCUT2D eigenvalue weighted by atomic mass is 9.92. The molecular weight excluding hydrogens is 604 g/mol. The Morgan fingerprint density at radius 3 is 2.73 bits per heavy atom. The standard InChI is InChI=1S/C31H34ClF2N7O2Si/c1-44(2,3)13-12-43-17-40-11-10-37-31(40)29-27(33)20(8-9-36-29)23-16-38-30(39-23)24-7-4-19-14-18(15-25(42)41(19)24)26-22(35)6-5-21(32)28(26)34/h5-6,8-11,15-16,19,24H,4,7,12-14,17,35H2,1-3H3,(H,38,39)/t19?,24-/m0/s1. The van der Waals surface area contributed by atoms with Gasteiger partial charge < -0.3 is 24.9 Å². The summed E-state index contributed by atoms with van der Waals surface area (Å²) in [7, 11) is -1.23. The van der Waals surface area contributed by atoms with Crippen LogP contribution in [0.2, 0.25) is 30.7 Å². The maximum absolute atomic E-state index is 15.9. The number of aromatic amines is 1. The van der Waals surface area contributed by atoms with Gasteiger partial charge in [0.1, 0.15) is 18.2 Å². The van der Waals surface area contributed by atoms with Crippen LogP contribution in [0.25, 0.3) is 28.3 Å². The number of nitrogens with zero attached hydrogens (tertiary/aromatic N) is 5. The number of aromatic nitrogens is 5. The molecule has 44 heavy (non-hydrogen) atoms. The number of pyridine rings is 1. The quantitative estimate of drug-likeness (QED) is 0.120. The van der Waals surface area contributed by atoms with Gasteiger partial charge in [-0.3, -0.25) is 4.79 Å². The Morgan fingerprint density at radius 2 is 1.93 bits per heavy atom. The average Bonchev–Trinajstić information content (AvgIpc) is 3.73. The summed E-state index contributed by atoms with van der Waals surface area (Å²) in [6.07, 6.45) is 9.65. The molecular formula is C31H34ClF2N7O2Si. The summed E-state index contributed by atoms with van der Waals surface area (Å²) in [6.45, 7) is 7.74. The Hall–Kier alpha value is -3.87. The smallest absolute Gasteiger partial charge is 0.247 e.